The molecule has 0 N–H and O–H groups in total. The van der Waals surface area contributed by atoms with Gasteiger partial charge in [-0.05, 0) is 36.8 Å². The summed E-state index contributed by atoms with van der Waals surface area (Å²) in [5, 5.41) is 1.18. The minimum atomic E-state index is -0.476. The SMILES string of the molecule is CCC(c1nc2ccccc2c(=O)n1CCOC)N(CCOC)C(=O)c1ccc(Cl)c(Cl)c1. The molecule has 176 valence electrons. The van der Waals surface area contributed by atoms with Crippen LogP contribution in [0.1, 0.15) is 35.6 Å². The van der Waals surface area contributed by atoms with Crippen LogP contribution in [-0.2, 0) is 16.0 Å². The molecule has 3 rings (SSSR count). The molecule has 1 unspecified atom stereocenters. The smallest absolute Gasteiger partial charge is 0.261 e. The van der Waals surface area contributed by atoms with Gasteiger partial charge in [0.2, 0.25) is 0 Å². The Bertz CT molecular complexity index is 1180. The third-order valence-electron chi connectivity index (χ3n) is 5.43. The maximum absolute atomic E-state index is 13.6. The molecule has 1 atom stereocenters. The van der Waals surface area contributed by atoms with Gasteiger partial charge in [0.15, 0.2) is 0 Å². The van der Waals surface area contributed by atoms with Gasteiger partial charge in [-0.25, -0.2) is 4.98 Å². The molecule has 1 aromatic heterocycles. The van der Waals surface area contributed by atoms with E-state index in [1.165, 1.54) is 0 Å². The quantitative estimate of drug-likeness (QED) is 0.414. The molecule has 0 aliphatic carbocycles. The number of para-hydroxylation sites is 1. The summed E-state index contributed by atoms with van der Waals surface area (Å²) in [5.74, 6) is 0.251. The number of carbonyl (C=O) groups is 1. The van der Waals surface area contributed by atoms with Crippen LogP contribution in [-0.4, -0.2) is 54.3 Å². The van der Waals surface area contributed by atoms with Crippen LogP contribution in [0, 0.1) is 0 Å². The fraction of sp³-hybridized carbons (Fsp3) is 0.375. The number of halogens is 2. The monoisotopic (exact) mass is 491 g/mol. The van der Waals surface area contributed by atoms with Crippen molar-refractivity contribution in [2.75, 3.05) is 34.0 Å². The number of fused-ring (bicyclic) bond motifs is 1. The minimum absolute atomic E-state index is 0.167. The van der Waals surface area contributed by atoms with Crippen LogP contribution in [0.15, 0.2) is 47.3 Å². The van der Waals surface area contributed by atoms with Crippen LogP contribution in [0.25, 0.3) is 10.9 Å². The summed E-state index contributed by atoms with van der Waals surface area (Å²) in [6.45, 7) is 3.23. The number of rotatable bonds is 10. The lowest BCUT2D eigenvalue weighted by Gasteiger charge is -2.32. The average Bonchev–Trinajstić information content (AvgIpc) is 2.82. The first kappa shape index (κ1) is 25.2. The Morgan fingerprint density at radius 1 is 1.09 bits per heavy atom. The summed E-state index contributed by atoms with van der Waals surface area (Å²) in [4.78, 5) is 33.4. The molecule has 1 amide bonds. The summed E-state index contributed by atoms with van der Waals surface area (Å²) in [5.41, 5.74) is 0.809. The number of nitrogens with zero attached hydrogens (tertiary/aromatic N) is 3. The molecule has 0 aliphatic heterocycles. The topological polar surface area (TPSA) is 73.7 Å². The van der Waals surface area contributed by atoms with Gasteiger partial charge < -0.3 is 14.4 Å². The van der Waals surface area contributed by atoms with E-state index in [1.807, 2.05) is 19.1 Å². The third kappa shape index (κ3) is 5.55. The molecule has 0 spiro atoms. The first-order valence-electron chi connectivity index (χ1n) is 10.7. The molecule has 2 aromatic carbocycles. The van der Waals surface area contributed by atoms with Crippen molar-refractivity contribution in [1.82, 2.24) is 14.5 Å². The Morgan fingerprint density at radius 3 is 2.48 bits per heavy atom. The lowest BCUT2D eigenvalue weighted by atomic mass is 10.1. The lowest BCUT2D eigenvalue weighted by molar-refractivity contribution is 0.0574. The standard InChI is InChI=1S/C24H27Cl2N3O4/c1-4-21(28(11-13-32-2)23(30)16-9-10-18(25)19(26)15-16)22-27-20-8-6-5-7-17(20)24(31)29(22)12-14-33-3/h5-10,15,21H,4,11-14H2,1-3H3. The molecular formula is C24H27Cl2N3O4. The van der Waals surface area contributed by atoms with Crippen LogP contribution >= 0.6 is 23.2 Å². The Morgan fingerprint density at radius 2 is 1.82 bits per heavy atom. The van der Waals surface area contributed by atoms with E-state index < -0.39 is 6.04 Å². The maximum atomic E-state index is 13.6. The summed E-state index contributed by atoms with van der Waals surface area (Å²) < 4.78 is 12.1. The van der Waals surface area contributed by atoms with Crippen LogP contribution in [0.2, 0.25) is 10.0 Å². The van der Waals surface area contributed by atoms with Gasteiger partial charge in [0.1, 0.15) is 5.82 Å². The second kappa shape index (κ2) is 11.6. The first-order valence-corrected chi connectivity index (χ1v) is 11.4. The molecule has 7 nitrogen and oxygen atoms in total. The largest absolute Gasteiger partial charge is 0.383 e. The fourth-order valence-corrected chi connectivity index (χ4v) is 4.06. The Balaban J connectivity index is 2.15. The summed E-state index contributed by atoms with van der Waals surface area (Å²) in [7, 11) is 3.15. The molecule has 0 saturated heterocycles. The van der Waals surface area contributed by atoms with Crippen LogP contribution < -0.4 is 5.56 Å². The van der Waals surface area contributed by atoms with E-state index in [1.54, 1.807) is 54.0 Å². The van der Waals surface area contributed by atoms with E-state index in [0.29, 0.717) is 65.1 Å². The fourth-order valence-electron chi connectivity index (χ4n) is 3.76. The van der Waals surface area contributed by atoms with Crippen LogP contribution in [0.4, 0.5) is 0 Å². The van der Waals surface area contributed by atoms with Gasteiger partial charge in [-0.1, -0.05) is 42.3 Å². The predicted molar refractivity (Wildman–Crippen MR) is 130 cm³/mol. The zero-order valence-electron chi connectivity index (χ0n) is 18.9. The van der Waals surface area contributed by atoms with Crippen molar-refractivity contribution in [1.29, 1.82) is 0 Å². The zero-order chi connectivity index (χ0) is 24.0. The second-order valence-electron chi connectivity index (χ2n) is 7.48. The minimum Gasteiger partial charge on any atom is -0.383 e. The average molecular weight is 492 g/mol. The first-order chi connectivity index (χ1) is 15.9. The molecular weight excluding hydrogens is 465 g/mol. The van der Waals surface area contributed by atoms with E-state index in [9.17, 15) is 9.59 Å². The van der Waals surface area contributed by atoms with Crippen molar-refractivity contribution in [3.63, 3.8) is 0 Å². The van der Waals surface area contributed by atoms with E-state index in [0.717, 1.165) is 0 Å². The Labute approximate surface area is 202 Å². The number of benzene rings is 2. The maximum Gasteiger partial charge on any atom is 0.261 e. The number of amides is 1. The van der Waals surface area contributed by atoms with Crippen LogP contribution in [0.3, 0.4) is 0 Å². The summed E-state index contributed by atoms with van der Waals surface area (Å²) in [6.07, 6.45) is 0.536. The highest BCUT2D eigenvalue weighted by Crippen LogP contribution is 2.28. The van der Waals surface area contributed by atoms with Gasteiger partial charge in [-0.3, -0.25) is 14.2 Å². The van der Waals surface area contributed by atoms with Gasteiger partial charge in [0.25, 0.3) is 11.5 Å². The van der Waals surface area contributed by atoms with Crippen molar-refractivity contribution >= 4 is 40.0 Å². The Hall–Kier alpha value is -2.45. The van der Waals surface area contributed by atoms with Gasteiger partial charge in [-0.15, -0.1) is 0 Å². The van der Waals surface area contributed by atoms with Crippen molar-refractivity contribution < 1.29 is 14.3 Å². The van der Waals surface area contributed by atoms with E-state index in [2.05, 4.69) is 0 Å². The van der Waals surface area contributed by atoms with Crippen LogP contribution in [0.5, 0.6) is 0 Å². The highest BCUT2D eigenvalue weighted by molar-refractivity contribution is 6.42. The Kier molecular flexibility index (Phi) is 8.86. The van der Waals surface area contributed by atoms with E-state index in [4.69, 9.17) is 37.7 Å². The van der Waals surface area contributed by atoms with Gasteiger partial charge in [0, 0.05) is 26.3 Å². The van der Waals surface area contributed by atoms with Gasteiger partial charge >= 0.3 is 0 Å². The number of ether oxygens (including phenoxy) is 2. The van der Waals surface area contributed by atoms with Gasteiger partial charge in [-0.2, -0.15) is 0 Å². The number of hydrogen-bond acceptors (Lipinski definition) is 5. The number of aromatic nitrogens is 2. The second-order valence-corrected chi connectivity index (χ2v) is 8.30. The van der Waals surface area contributed by atoms with E-state index >= 15 is 0 Å². The number of hydrogen-bond donors (Lipinski definition) is 0. The number of methoxy groups -OCH3 is 2. The normalized spacial score (nSPS) is 12.2. The number of carbonyl (C=O) groups excluding carboxylic acids is 1. The van der Waals surface area contributed by atoms with Crippen molar-refractivity contribution in [2.24, 2.45) is 0 Å². The highest BCUT2D eigenvalue weighted by Gasteiger charge is 2.29. The predicted octanol–water partition coefficient (Wildman–Crippen LogP) is 4.59. The van der Waals surface area contributed by atoms with Crippen molar-refractivity contribution in [3.8, 4) is 0 Å². The molecule has 33 heavy (non-hydrogen) atoms. The summed E-state index contributed by atoms with van der Waals surface area (Å²) >= 11 is 12.2. The summed E-state index contributed by atoms with van der Waals surface area (Å²) in [6, 6.07) is 11.5. The molecule has 1 heterocycles. The van der Waals surface area contributed by atoms with Crippen molar-refractivity contribution in [3.05, 3.63) is 74.3 Å². The lowest BCUT2D eigenvalue weighted by Crippen LogP contribution is -2.41. The molecule has 0 fully saturated rings. The zero-order valence-corrected chi connectivity index (χ0v) is 20.4. The molecule has 0 aliphatic rings. The molecule has 0 saturated carbocycles. The highest BCUT2D eigenvalue weighted by atomic mass is 35.5. The van der Waals surface area contributed by atoms with Gasteiger partial charge in [0.05, 0.1) is 46.7 Å². The molecule has 9 heteroatoms. The van der Waals surface area contributed by atoms with Crippen molar-refractivity contribution in [2.45, 2.75) is 25.9 Å². The molecule has 0 radical (unpaired) electrons. The molecule has 0 bridgehead atoms. The third-order valence-corrected chi connectivity index (χ3v) is 6.17. The van der Waals surface area contributed by atoms with E-state index in [-0.39, 0.29) is 11.5 Å². The molecule has 3 aromatic rings.